The van der Waals surface area contributed by atoms with Gasteiger partial charge < -0.3 is 0 Å². The van der Waals surface area contributed by atoms with E-state index in [0.29, 0.717) is 0 Å². The fourth-order valence-electron chi connectivity index (χ4n) is 1.73. The molecule has 1 heterocycles. The molecule has 2 aromatic carbocycles. The quantitative estimate of drug-likeness (QED) is 0.603. The Kier molecular flexibility index (Phi) is 2.36. The van der Waals surface area contributed by atoms with E-state index >= 15 is 0 Å². The summed E-state index contributed by atoms with van der Waals surface area (Å²) in [5, 5.41) is 1.43. The van der Waals surface area contributed by atoms with Crippen LogP contribution in [-0.2, 0) is 0 Å². The summed E-state index contributed by atoms with van der Waals surface area (Å²) in [4.78, 5) is 0. The SMILES string of the molecule is c1ccc(-c2cc3ccccc3[te]2)cc1. The third-order valence-corrected chi connectivity index (χ3v) is 5.81. The first kappa shape index (κ1) is 9.21. The Labute approximate surface area is 98.8 Å². The fourth-order valence-corrected chi connectivity index (χ4v) is 4.78. The van der Waals surface area contributed by atoms with Crippen molar-refractivity contribution in [3.05, 3.63) is 60.7 Å². The second-order valence-corrected chi connectivity index (χ2v) is 6.61. The topological polar surface area (TPSA) is 0 Å². The van der Waals surface area contributed by atoms with E-state index in [1.165, 1.54) is 10.9 Å². The molecule has 0 bridgehead atoms. The van der Waals surface area contributed by atoms with Crippen molar-refractivity contribution in [2.45, 2.75) is 0 Å². The van der Waals surface area contributed by atoms with Crippen LogP contribution in [0.5, 0.6) is 0 Å². The molecule has 0 atom stereocenters. The minimum atomic E-state index is -0.148. The molecular formula is C14H10Te. The van der Waals surface area contributed by atoms with Gasteiger partial charge in [-0.3, -0.25) is 0 Å². The van der Waals surface area contributed by atoms with Gasteiger partial charge in [0.05, 0.1) is 0 Å². The Balaban J connectivity index is 2.21. The van der Waals surface area contributed by atoms with Gasteiger partial charge in [0.2, 0.25) is 0 Å². The van der Waals surface area contributed by atoms with Crippen LogP contribution in [-0.4, -0.2) is 20.4 Å². The van der Waals surface area contributed by atoms with Crippen LogP contribution in [0.2, 0.25) is 0 Å². The molecule has 15 heavy (non-hydrogen) atoms. The van der Waals surface area contributed by atoms with E-state index in [0.717, 1.165) is 0 Å². The van der Waals surface area contributed by atoms with Gasteiger partial charge in [-0.1, -0.05) is 0 Å². The van der Waals surface area contributed by atoms with Gasteiger partial charge in [0, 0.05) is 0 Å². The van der Waals surface area contributed by atoms with E-state index < -0.39 is 0 Å². The molecule has 1 aromatic heterocycles. The number of fused-ring (bicyclic) bond motifs is 1. The predicted molar refractivity (Wildman–Crippen MR) is 66.3 cm³/mol. The molecule has 0 saturated heterocycles. The fraction of sp³-hybridized carbons (Fsp3) is 0. The van der Waals surface area contributed by atoms with Gasteiger partial charge in [0.15, 0.2) is 0 Å². The normalized spacial score (nSPS) is 10.7. The summed E-state index contributed by atoms with van der Waals surface area (Å²) in [6.45, 7) is 0. The molecule has 0 unspecified atom stereocenters. The standard InChI is InChI=1S/C14H10Te/c1-2-6-11(7-3-1)14-10-12-8-4-5-9-13(12)15-14/h1-10H. The average Bonchev–Trinajstić information content (AvgIpc) is 2.74. The van der Waals surface area contributed by atoms with Gasteiger partial charge in [0.25, 0.3) is 0 Å². The molecule has 0 nitrogen and oxygen atoms in total. The van der Waals surface area contributed by atoms with Crippen LogP contribution < -0.4 is 0 Å². The first-order valence-electron chi connectivity index (χ1n) is 4.97. The Hall–Kier alpha value is -1.03. The van der Waals surface area contributed by atoms with Gasteiger partial charge in [0.1, 0.15) is 0 Å². The molecule has 0 N–H and O–H groups in total. The zero-order chi connectivity index (χ0) is 10.1. The first-order chi connectivity index (χ1) is 7.43. The van der Waals surface area contributed by atoms with Crippen LogP contribution in [0.3, 0.4) is 0 Å². The molecule has 3 rings (SSSR count). The number of hydrogen-bond donors (Lipinski definition) is 0. The van der Waals surface area contributed by atoms with E-state index in [1.807, 2.05) is 0 Å². The zero-order valence-electron chi connectivity index (χ0n) is 8.18. The summed E-state index contributed by atoms with van der Waals surface area (Å²) in [6, 6.07) is 21.8. The molecule has 0 aliphatic heterocycles. The van der Waals surface area contributed by atoms with Crippen molar-refractivity contribution in [2.75, 3.05) is 0 Å². The molecule has 0 amide bonds. The predicted octanol–water partition coefficient (Wildman–Crippen LogP) is 3.56. The number of benzene rings is 2. The van der Waals surface area contributed by atoms with Crippen molar-refractivity contribution in [1.29, 1.82) is 0 Å². The summed E-state index contributed by atoms with van der Waals surface area (Å²) in [5.41, 5.74) is 1.40. The van der Waals surface area contributed by atoms with Crippen molar-refractivity contribution < 1.29 is 0 Å². The summed E-state index contributed by atoms with van der Waals surface area (Å²) in [6.07, 6.45) is 0. The zero-order valence-corrected chi connectivity index (χ0v) is 10.5. The van der Waals surface area contributed by atoms with Crippen molar-refractivity contribution in [2.24, 2.45) is 0 Å². The Morgan fingerprint density at radius 2 is 1.47 bits per heavy atom. The van der Waals surface area contributed by atoms with Gasteiger partial charge in [-0.25, -0.2) is 0 Å². The van der Waals surface area contributed by atoms with Crippen molar-refractivity contribution in [3.8, 4) is 9.14 Å². The summed E-state index contributed by atoms with van der Waals surface area (Å²) in [7, 11) is 0. The molecular weight excluding hydrogens is 296 g/mol. The Morgan fingerprint density at radius 3 is 2.27 bits per heavy atom. The van der Waals surface area contributed by atoms with Gasteiger partial charge in [-0.05, 0) is 0 Å². The van der Waals surface area contributed by atoms with E-state index in [4.69, 9.17) is 0 Å². The monoisotopic (exact) mass is 308 g/mol. The van der Waals surface area contributed by atoms with Crippen LogP contribution in [0, 0.1) is 0 Å². The molecule has 0 radical (unpaired) electrons. The molecule has 0 spiro atoms. The molecule has 0 saturated carbocycles. The van der Waals surface area contributed by atoms with Gasteiger partial charge in [-0.15, -0.1) is 0 Å². The van der Waals surface area contributed by atoms with Crippen molar-refractivity contribution in [1.82, 2.24) is 0 Å². The first-order valence-corrected chi connectivity index (χ1v) is 7.30. The Bertz CT molecular complexity index is 545. The van der Waals surface area contributed by atoms with E-state index in [9.17, 15) is 0 Å². The average molecular weight is 306 g/mol. The third-order valence-electron chi connectivity index (χ3n) is 2.48. The van der Waals surface area contributed by atoms with Gasteiger partial charge >= 0.3 is 99.0 Å². The van der Waals surface area contributed by atoms with Crippen LogP contribution in [0.1, 0.15) is 0 Å². The van der Waals surface area contributed by atoms with Crippen molar-refractivity contribution >= 4 is 29.2 Å². The molecule has 1 heteroatoms. The van der Waals surface area contributed by atoms with Gasteiger partial charge in [-0.2, -0.15) is 0 Å². The van der Waals surface area contributed by atoms with Crippen LogP contribution in [0.25, 0.3) is 17.9 Å². The Morgan fingerprint density at radius 1 is 0.733 bits per heavy atom. The van der Waals surface area contributed by atoms with E-state index in [-0.39, 0.29) is 20.4 Å². The molecule has 72 valence electrons. The van der Waals surface area contributed by atoms with Crippen LogP contribution >= 0.6 is 0 Å². The molecule has 0 fully saturated rings. The minimum absolute atomic E-state index is 0.148. The second kappa shape index (κ2) is 3.85. The van der Waals surface area contributed by atoms with E-state index in [1.54, 1.807) is 6.98 Å². The van der Waals surface area contributed by atoms with E-state index in [2.05, 4.69) is 60.7 Å². The third kappa shape index (κ3) is 1.74. The van der Waals surface area contributed by atoms with Crippen molar-refractivity contribution in [3.63, 3.8) is 0 Å². The molecule has 0 aliphatic rings. The summed E-state index contributed by atoms with van der Waals surface area (Å²) >= 11 is -0.148. The summed E-state index contributed by atoms with van der Waals surface area (Å²) < 4.78 is 3.13. The maximum absolute atomic E-state index is 2.35. The number of hydrogen-bond acceptors (Lipinski definition) is 0. The second-order valence-electron chi connectivity index (χ2n) is 3.51. The maximum atomic E-state index is 2.35. The van der Waals surface area contributed by atoms with Crippen LogP contribution in [0.4, 0.5) is 0 Å². The summed E-state index contributed by atoms with van der Waals surface area (Å²) in [5.74, 6) is 0. The molecule has 0 aliphatic carbocycles. The van der Waals surface area contributed by atoms with Crippen LogP contribution in [0.15, 0.2) is 60.7 Å². The molecule has 3 aromatic rings. The number of rotatable bonds is 1.